The van der Waals surface area contributed by atoms with Crippen LogP contribution in [0.4, 0.5) is 0 Å². The molecule has 2 aliphatic rings. The normalized spacial score (nSPS) is 23.9. The van der Waals surface area contributed by atoms with Gasteiger partial charge in [0.1, 0.15) is 5.82 Å². The summed E-state index contributed by atoms with van der Waals surface area (Å²) in [5.41, 5.74) is 2.02. The fourth-order valence-electron chi connectivity index (χ4n) is 2.59. The van der Waals surface area contributed by atoms with Crippen molar-refractivity contribution >= 4 is 23.7 Å². The van der Waals surface area contributed by atoms with Crippen LogP contribution in [0.5, 0.6) is 0 Å². The molecule has 0 amide bonds. The number of pyridine rings is 1. The third kappa shape index (κ3) is 2.08. The van der Waals surface area contributed by atoms with E-state index in [0.29, 0.717) is 5.92 Å². The van der Waals surface area contributed by atoms with Gasteiger partial charge < -0.3 is 14.3 Å². The van der Waals surface area contributed by atoms with Crippen LogP contribution >= 0.6 is 0 Å². The highest BCUT2D eigenvalue weighted by atomic mass is 16.7. The number of H-pyrrole nitrogens is 1. The van der Waals surface area contributed by atoms with Crippen molar-refractivity contribution in [3.63, 3.8) is 0 Å². The average molecular weight is 285 g/mol. The standard InChI is InChI=1S/C15H20BN3O2/c1-14(2)15(3,4)21-16(20-14)12-7-10-11(8-17-12)19-13(18-10)9-5-6-9/h7-9H,5-6H2,1-4H3,(H,18,19). The molecule has 0 aromatic carbocycles. The van der Waals surface area contributed by atoms with Gasteiger partial charge in [0.05, 0.1) is 34.0 Å². The van der Waals surface area contributed by atoms with Crippen molar-refractivity contribution in [2.45, 2.75) is 57.7 Å². The Balaban J connectivity index is 1.68. The molecule has 0 spiro atoms. The van der Waals surface area contributed by atoms with Crippen LogP contribution in [0.3, 0.4) is 0 Å². The fourth-order valence-corrected chi connectivity index (χ4v) is 2.59. The molecule has 0 bridgehead atoms. The molecule has 0 radical (unpaired) electrons. The van der Waals surface area contributed by atoms with E-state index in [1.165, 1.54) is 12.8 Å². The quantitative estimate of drug-likeness (QED) is 0.859. The van der Waals surface area contributed by atoms with Crippen molar-refractivity contribution < 1.29 is 9.31 Å². The van der Waals surface area contributed by atoms with Gasteiger partial charge in [-0.25, -0.2) is 4.98 Å². The molecular weight excluding hydrogens is 265 g/mol. The lowest BCUT2D eigenvalue weighted by Crippen LogP contribution is -2.41. The minimum atomic E-state index is -0.430. The highest BCUT2D eigenvalue weighted by Gasteiger charge is 2.52. The zero-order valence-corrected chi connectivity index (χ0v) is 12.9. The predicted molar refractivity (Wildman–Crippen MR) is 81.6 cm³/mol. The van der Waals surface area contributed by atoms with Crippen LogP contribution in [0.1, 0.15) is 52.3 Å². The highest BCUT2D eigenvalue weighted by molar-refractivity contribution is 6.61. The first kappa shape index (κ1) is 13.3. The second-order valence-electron chi connectivity index (χ2n) is 7.11. The first-order valence-corrected chi connectivity index (χ1v) is 7.57. The monoisotopic (exact) mass is 285 g/mol. The highest BCUT2D eigenvalue weighted by Crippen LogP contribution is 2.39. The molecule has 110 valence electrons. The van der Waals surface area contributed by atoms with Gasteiger partial charge in [-0.05, 0) is 46.6 Å². The van der Waals surface area contributed by atoms with Crippen molar-refractivity contribution in [2.75, 3.05) is 0 Å². The molecule has 2 aromatic heterocycles. The zero-order valence-electron chi connectivity index (χ0n) is 12.9. The molecule has 0 unspecified atom stereocenters. The molecule has 21 heavy (non-hydrogen) atoms. The van der Waals surface area contributed by atoms with Crippen LogP contribution in [0, 0.1) is 0 Å². The molecule has 2 fully saturated rings. The van der Waals surface area contributed by atoms with E-state index in [9.17, 15) is 0 Å². The molecule has 1 saturated heterocycles. The Bertz CT molecular complexity index is 690. The molecule has 1 N–H and O–H groups in total. The Morgan fingerprint density at radius 1 is 1.19 bits per heavy atom. The van der Waals surface area contributed by atoms with Crippen LogP contribution in [-0.2, 0) is 9.31 Å². The number of fused-ring (bicyclic) bond motifs is 1. The summed E-state index contributed by atoms with van der Waals surface area (Å²) in [4.78, 5) is 12.5. The zero-order chi connectivity index (χ0) is 14.8. The van der Waals surface area contributed by atoms with E-state index >= 15 is 0 Å². The Labute approximate surface area is 124 Å². The number of aromatic amines is 1. The summed E-state index contributed by atoms with van der Waals surface area (Å²) in [5.74, 6) is 1.69. The van der Waals surface area contributed by atoms with Crippen LogP contribution < -0.4 is 5.59 Å². The summed E-state index contributed by atoms with van der Waals surface area (Å²) < 4.78 is 12.1. The minimum absolute atomic E-state index is 0.348. The van der Waals surface area contributed by atoms with E-state index in [4.69, 9.17) is 9.31 Å². The van der Waals surface area contributed by atoms with Gasteiger partial charge in [-0.2, -0.15) is 0 Å². The number of aromatic nitrogens is 3. The van der Waals surface area contributed by atoms with Crippen molar-refractivity contribution in [1.29, 1.82) is 0 Å². The van der Waals surface area contributed by atoms with Gasteiger partial charge in [0.25, 0.3) is 0 Å². The second-order valence-corrected chi connectivity index (χ2v) is 7.11. The van der Waals surface area contributed by atoms with Gasteiger partial charge in [0, 0.05) is 5.92 Å². The molecular formula is C15H20BN3O2. The lowest BCUT2D eigenvalue weighted by Gasteiger charge is -2.32. The molecule has 1 aliphatic carbocycles. The van der Waals surface area contributed by atoms with E-state index in [2.05, 4.69) is 15.0 Å². The van der Waals surface area contributed by atoms with Crippen molar-refractivity contribution in [3.8, 4) is 0 Å². The predicted octanol–water partition coefficient (Wildman–Crippen LogP) is 2.13. The Morgan fingerprint density at radius 3 is 2.48 bits per heavy atom. The molecule has 6 heteroatoms. The lowest BCUT2D eigenvalue weighted by molar-refractivity contribution is 0.00578. The van der Waals surface area contributed by atoms with Crippen molar-refractivity contribution in [1.82, 2.24) is 15.0 Å². The first-order valence-electron chi connectivity index (χ1n) is 7.57. The molecule has 3 heterocycles. The van der Waals surface area contributed by atoms with Crippen LogP contribution in [0.15, 0.2) is 12.3 Å². The van der Waals surface area contributed by atoms with Crippen molar-refractivity contribution in [2.24, 2.45) is 0 Å². The van der Waals surface area contributed by atoms with Gasteiger partial charge in [0.15, 0.2) is 0 Å². The second kappa shape index (κ2) is 4.08. The van der Waals surface area contributed by atoms with E-state index in [-0.39, 0.29) is 11.2 Å². The molecule has 1 saturated carbocycles. The van der Waals surface area contributed by atoms with Gasteiger partial charge in [-0.15, -0.1) is 0 Å². The summed E-state index contributed by atoms with van der Waals surface area (Å²) in [5, 5.41) is 0. The Kier molecular flexibility index (Phi) is 2.58. The maximum absolute atomic E-state index is 6.04. The van der Waals surface area contributed by atoms with Gasteiger partial charge in [-0.1, -0.05) is 0 Å². The third-order valence-electron chi connectivity index (χ3n) is 4.87. The smallest absolute Gasteiger partial charge is 0.398 e. The van der Waals surface area contributed by atoms with Crippen LogP contribution in [0.2, 0.25) is 0 Å². The number of hydrogen-bond acceptors (Lipinski definition) is 4. The van der Waals surface area contributed by atoms with Crippen LogP contribution in [0.25, 0.3) is 11.0 Å². The molecule has 4 rings (SSSR count). The number of rotatable bonds is 2. The van der Waals surface area contributed by atoms with Gasteiger partial charge in [0.2, 0.25) is 0 Å². The summed E-state index contributed by atoms with van der Waals surface area (Å²) in [6.07, 6.45) is 4.29. The summed E-state index contributed by atoms with van der Waals surface area (Å²) in [6.45, 7) is 8.19. The Morgan fingerprint density at radius 2 is 1.86 bits per heavy atom. The van der Waals surface area contributed by atoms with E-state index in [1.54, 1.807) is 0 Å². The maximum atomic E-state index is 6.04. The summed E-state index contributed by atoms with van der Waals surface area (Å²) in [7, 11) is -0.430. The number of imidazole rings is 1. The fraction of sp³-hybridized carbons (Fsp3) is 0.600. The van der Waals surface area contributed by atoms with Gasteiger partial charge >= 0.3 is 7.12 Å². The van der Waals surface area contributed by atoms with Crippen molar-refractivity contribution in [3.05, 3.63) is 18.1 Å². The number of hydrogen-bond donors (Lipinski definition) is 1. The molecule has 0 atom stereocenters. The number of nitrogens with zero attached hydrogens (tertiary/aromatic N) is 2. The first-order chi connectivity index (χ1) is 9.86. The molecule has 2 aromatic rings. The van der Waals surface area contributed by atoms with Gasteiger partial charge in [-0.3, -0.25) is 4.98 Å². The minimum Gasteiger partial charge on any atom is -0.398 e. The van der Waals surface area contributed by atoms with E-state index in [1.807, 2.05) is 40.0 Å². The summed E-state index contributed by atoms with van der Waals surface area (Å²) in [6, 6.07) is 1.97. The van der Waals surface area contributed by atoms with E-state index < -0.39 is 7.12 Å². The molecule has 5 nitrogen and oxygen atoms in total. The summed E-state index contributed by atoms with van der Waals surface area (Å²) >= 11 is 0. The SMILES string of the molecule is CC1(C)OB(c2cc3nc(C4CC4)[nH]c3cn2)OC1(C)C. The average Bonchev–Trinajstić information content (AvgIpc) is 3.11. The Hall–Kier alpha value is -1.40. The van der Waals surface area contributed by atoms with Crippen LogP contribution in [-0.4, -0.2) is 33.3 Å². The maximum Gasteiger partial charge on any atom is 0.514 e. The molecule has 1 aliphatic heterocycles. The largest absolute Gasteiger partial charge is 0.514 e. The lowest BCUT2D eigenvalue weighted by atomic mass is 9.84. The third-order valence-corrected chi connectivity index (χ3v) is 4.87. The number of nitrogens with one attached hydrogen (secondary N) is 1. The van der Waals surface area contributed by atoms with E-state index in [0.717, 1.165) is 22.5 Å². The topological polar surface area (TPSA) is 60.0 Å².